The number of nitrogens with one attached hydrogen (secondary N) is 1. The Kier molecular flexibility index (Phi) is 6.15. The van der Waals surface area contributed by atoms with Crippen molar-refractivity contribution in [3.63, 3.8) is 0 Å². The van der Waals surface area contributed by atoms with Gasteiger partial charge in [-0.05, 0) is 24.6 Å². The van der Waals surface area contributed by atoms with Crippen molar-refractivity contribution in [3.8, 4) is 0 Å². The summed E-state index contributed by atoms with van der Waals surface area (Å²) in [6.45, 7) is 4.75. The van der Waals surface area contributed by atoms with Crippen LogP contribution in [0.5, 0.6) is 0 Å². The maximum absolute atomic E-state index is 12.6. The Bertz CT molecular complexity index is 377. The first kappa shape index (κ1) is 15.8. The molecule has 0 aliphatic heterocycles. The fourth-order valence-electron chi connectivity index (χ4n) is 2.00. The molecule has 0 saturated heterocycles. The van der Waals surface area contributed by atoms with Crippen LogP contribution in [0.15, 0.2) is 24.3 Å². The van der Waals surface area contributed by atoms with E-state index in [4.69, 9.17) is 0 Å². The molecular weight excluding hydrogens is 253 g/mol. The average molecular weight is 274 g/mol. The van der Waals surface area contributed by atoms with Gasteiger partial charge in [-0.25, -0.2) is 0 Å². The van der Waals surface area contributed by atoms with Crippen molar-refractivity contribution in [3.05, 3.63) is 29.8 Å². The summed E-state index contributed by atoms with van der Waals surface area (Å²) in [4.78, 5) is 1.41. The highest BCUT2D eigenvalue weighted by molar-refractivity contribution is 5.53. The predicted molar refractivity (Wildman–Crippen MR) is 72.4 cm³/mol. The fourth-order valence-corrected chi connectivity index (χ4v) is 2.00. The second-order valence-electron chi connectivity index (χ2n) is 4.45. The number of anilines is 1. The molecular formula is C14H21F3N2. The lowest BCUT2D eigenvalue weighted by atomic mass is 10.1. The summed E-state index contributed by atoms with van der Waals surface area (Å²) in [6, 6.07) is 7.27. The summed E-state index contributed by atoms with van der Waals surface area (Å²) >= 11 is 0. The van der Waals surface area contributed by atoms with Gasteiger partial charge >= 0.3 is 6.18 Å². The largest absolute Gasteiger partial charge is 0.405 e. The molecule has 1 N–H and O–H groups in total. The predicted octanol–water partition coefficient (Wildman–Crippen LogP) is 3.57. The maximum Gasteiger partial charge on any atom is 0.405 e. The van der Waals surface area contributed by atoms with E-state index in [0.29, 0.717) is 25.2 Å². The topological polar surface area (TPSA) is 15.3 Å². The summed E-state index contributed by atoms with van der Waals surface area (Å²) < 4.78 is 37.9. The molecule has 1 aromatic rings. The number of nitrogens with zero attached hydrogens (tertiary/aromatic N) is 1. The molecule has 0 bridgehead atoms. The number of rotatable bonds is 7. The van der Waals surface area contributed by atoms with Crippen molar-refractivity contribution in [1.29, 1.82) is 0 Å². The minimum atomic E-state index is -4.18. The monoisotopic (exact) mass is 274 g/mol. The normalized spacial score (nSPS) is 11.6. The summed E-state index contributed by atoms with van der Waals surface area (Å²) in [5, 5.41) is 3.16. The van der Waals surface area contributed by atoms with E-state index in [1.54, 1.807) is 12.1 Å². The Balaban J connectivity index is 2.94. The Morgan fingerprint density at radius 3 is 2.42 bits per heavy atom. The van der Waals surface area contributed by atoms with Crippen molar-refractivity contribution in [2.45, 2.75) is 33.0 Å². The van der Waals surface area contributed by atoms with Gasteiger partial charge in [0, 0.05) is 18.8 Å². The smallest absolute Gasteiger partial charge is 0.362 e. The summed E-state index contributed by atoms with van der Waals surface area (Å²) in [7, 11) is 0. The second kappa shape index (κ2) is 7.38. The molecule has 1 aromatic carbocycles. The lowest BCUT2D eigenvalue weighted by Crippen LogP contribution is -2.35. The number of alkyl halides is 3. The third-order valence-electron chi connectivity index (χ3n) is 2.76. The Labute approximate surface area is 112 Å². The Morgan fingerprint density at radius 2 is 1.84 bits per heavy atom. The van der Waals surface area contributed by atoms with Crippen LogP contribution in [0.2, 0.25) is 0 Å². The molecule has 2 nitrogen and oxygen atoms in total. The SMILES string of the molecule is CCCN(CC(F)(F)F)c1ccccc1CNCC. The minimum absolute atomic E-state index is 0.405. The average Bonchev–Trinajstić information content (AvgIpc) is 2.34. The first-order valence-electron chi connectivity index (χ1n) is 6.58. The molecule has 19 heavy (non-hydrogen) atoms. The summed E-state index contributed by atoms with van der Waals surface area (Å²) in [6.07, 6.45) is -3.49. The van der Waals surface area contributed by atoms with Crippen LogP contribution in [0.4, 0.5) is 18.9 Å². The van der Waals surface area contributed by atoms with Crippen LogP contribution in [-0.2, 0) is 6.54 Å². The third kappa shape index (κ3) is 5.51. The molecule has 0 aliphatic carbocycles. The van der Waals surface area contributed by atoms with E-state index in [1.807, 2.05) is 26.0 Å². The number of hydrogen-bond acceptors (Lipinski definition) is 2. The quantitative estimate of drug-likeness (QED) is 0.817. The molecule has 0 atom stereocenters. The van der Waals surface area contributed by atoms with Crippen LogP contribution in [0, 0.1) is 0 Å². The molecule has 0 unspecified atom stereocenters. The maximum atomic E-state index is 12.6. The standard InChI is InChI=1S/C14H21F3N2/c1-3-9-19(11-14(15,16)17)13-8-6-5-7-12(13)10-18-4-2/h5-8,18H,3-4,9-11H2,1-2H3. The first-order valence-corrected chi connectivity index (χ1v) is 6.58. The van der Waals surface area contributed by atoms with E-state index in [2.05, 4.69) is 5.32 Å². The van der Waals surface area contributed by atoms with Crippen LogP contribution in [0.25, 0.3) is 0 Å². The molecule has 0 spiro atoms. The fraction of sp³-hybridized carbons (Fsp3) is 0.571. The van der Waals surface area contributed by atoms with Gasteiger partial charge in [0.25, 0.3) is 0 Å². The second-order valence-corrected chi connectivity index (χ2v) is 4.45. The Morgan fingerprint density at radius 1 is 1.16 bits per heavy atom. The highest BCUT2D eigenvalue weighted by Gasteiger charge is 2.31. The Hall–Kier alpha value is -1.23. The van der Waals surface area contributed by atoms with Gasteiger partial charge in [0.05, 0.1) is 0 Å². The number of benzene rings is 1. The highest BCUT2D eigenvalue weighted by atomic mass is 19.4. The van der Waals surface area contributed by atoms with Gasteiger partial charge in [-0.1, -0.05) is 32.0 Å². The number of halogens is 3. The zero-order chi connectivity index (χ0) is 14.3. The zero-order valence-electron chi connectivity index (χ0n) is 11.4. The van der Waals surface area contributed by atoms with Crippen molar-refractivity contribution in [2.24, 2.45) is 0 Å². The van der Waals surface area contributed by atoms with Gasteiger partial charge in [-0.2, -0.15) is 13.2 Å². The molecule has 0 aromatic heterocycles. The lowest BCUT2D eigenvalue weighted by molar-refractivity contribution is -0.119. The van der Waals surface area contributed by atoms with Crippen LogP contribution in [0.1, 0.15) is 25.8 Å². The molecule has 1 rings (SSSR count). The van der Waals surface area contributed by atoms with E-state index in [0.717, 1.165) is 12.1 Å². The van der Waals surface area contributed by atoms with E-state index < -0.39 is 12.7 Å². The summed E-state index contributed by atoms with van der Waals surface area (Å²) in [5.74, 6) is 0. The van der Waals surface area contributed by atoms with Crippen molar-refractivity contribution in [1.82, 2.24) is 5.32 Å². The van der Waals surface area contributed by atoms with Crippen LogP contribution in [0.3, 0.4) is 0 Å². The van der Waals surface area contributed by atoms with Gasteiger partial charge in [-0.15, -0.1) is 0 Å². The molecule has 0 saturated carbocycles. The highest BCUT2D eigenvalue weighted by Crippen LogP contribution is 2.25. The third-order valence-corrected chi connectivity index (χ3v) is 2.76. The number of hydrogen-bond donors (Lipinski definition) is 1. The molecule has 5 heteroatoms. The van der Waals surface area contributed by atoms with Crippen molar-refractivity contribution in [2.75, 3.05) is 24.5 Å². The number of para-hydroxylation sites is 1. The van der Waals surface area contributed by atoms with Crippen LogP contribution in [-0.4, -0.2) is 25.8 Å². The zero-order valence-corrected chi connectivity index (χ0v) is 11.4. The van der Waals surface area contributed by atoms with E-state index in [9.17, 15) is 13.2 Å². The lowest BCUT2D eigenvalue weighted by Gasteiger charge is -2.27. The van der Waals surface area contributed by atoms with Gasteiger partial charge < -0.3 is 10.2 Å². The first-order chi connectivity index (χ1) is 8.98. The molecule has 108 valence electrons. The van der Waals surface area contributed by atoms with Crippen LogP contribution >= 0.6 is 0 Å². The molecule has 0 radical (unpaired) electrons. The molecule has 0 aliphatic rings. The van der Waals surface area contributed by atoms with Crippen molar-refractivity contribution < 1.29 is 13.2 Å². The summed E-state index contributed by atoms with van der Waals surface area (Å²) in [5.41, 5.74) is 1.57. The van der Waals surface area contributed by atoms with E-state index in [1.165, 1.54) is 4.90 Å². The van der Waals surface area contributed by atoms with E-state index in [-0.39, 0.29) is 0 Å². The van der Waals surface area contributed by atoms with Crippen LogP contribution < -0.4 is 10.2 Å². The molecule has 0 fully saturated rings. The molecule has 0 heterocycles. The van der Waals surface area contributed by atoms with Gasteiger partial charge in [0.2, 0.25) is 0 Å². The van der Waals surface area contributed by atoms with Gasteiger partial charge in [0.15, 0.2) is 0 Å². The van der Waals surface area contributed by atoms with E-state index >= 15 is 0 Å². The minimum Gasteiger partial charge on any atom is -0.362 e. The van der Waals surface area contributed by atoms with Gasteiger partial charge in [0.1, 0.15) is 6.54 Å². The van der Waals surface area contributed by atoms with Gasteiger partial charge in [-0.3, -0.25) is 0 Å². The molecule has 0 amide bonds. The van der Waals surface area contributed by atoms with Crippen molar-refractivity contribution >= 4 is 5.69 Å².